The molecule has 0 bridgehead atoms. The van der Waals surface area contributed by atoms with E-state index in [0.29, 0.717) is 0 Å². The summed E-state index contributed by atoms with van der Waals surface area (Å²) in [6.45, 7) is 1.13. The largest absolute Gasteiger partial charge is 0.496 e. The minimum absolute atomic E-state index is 0.122. The molecule has 1 rings (SSSR count). The van der Waals surface area contributed by atoms with Crippen LogP contribution in [0.4, 0.5) is 4.39 Å². The lowest BCUT2D eigenvalue weighted by Gasteiger charge is -2.07. The highest BCUT2D eigenvalue weighted by Crippen LogP contribution is 2.19. The Hall–Kier alpha value is -1.91. The second kappa shape index (κ2) is 5.25. The summed E-state index contributed by atoms with van der Waals surface area (Å²) in [6, 6.07) is 3.66. The summed E-state index contributed by atoms with van der Waals surface area (Å²) in [5.74, 6) is -0.945. The average molecular weight is 225 g/mol. The van der Waals surface area contributed by atoms with E-state index >= 15 is 0 Å². The molecule has 0 saturated heterocycles. The van der Waals surface area contributed by atoms with Gasteiger partial charge in [0.25, 0.3) is 0 Å². The molecule has 0 atom stereocenters. The Morgan fingerprint density at radius 3 is 2.69 bits per heavy atom. The predicted molar refractivity (Wildman–Crippen MR) is 56.0 cm³/mol. The van der Waals surface area contributed by atoms with Crippen molar-refractivity contribution in [2.45, 2.75) is 6.92 Å². The Bertz CT molecular complexity index is 418. The van der Waals surface area contributed by atoms with E-state index in [0.717, 1.165) is 6.07 Å². The number of ether oxygens (including phenoxy) is 1. The molecule has 0 spiro atoms. The Labute approximate surface area is 92.4 Å². The van der Waals surface area contributed by atoms with Crippen LogP contribution in [0.3, 0.4) is 0 Å². The van der Waals surface area contributed by atoms with Gasteiger partial charge in [0.1, 0.15) is 11.6 Å². The number of methoxy groups -OCH3 is 1. The van der Waals surface area contributed by atoms with Crippen molar-refractivity contribution in [3.05, 3.63) is 29.6 Å². The van der Waals surface area contributed by atoms with Crippen LogP contribution in [0, 0.1) is 5.82 Å². The highest BCUT2D eigenvalue weighted by Gasteiger charge is 2.13. The molecule has 0 heterocycles. The zero-order valence-corrected chi connectivity index (χ0v) is 9.04. The van der Waals surface area contributed by atoms with Crippen LogP contribution in [-0.4, -0.2) is 25.3 Å². The highest BCUT2D eigenvalue weighted by atomic mass is 19.1. The zero-order chi connectivity index (χ0) is 12.1. The predicted octanol–water partition coefficient (Wildman–Crippen LogP) is 1.15. The van der Waals surface area contributed by atoms with Crippen molar-refractivity contribution in [1.29, 1.82) is 0 Å². The molecule has 0 aliphatic heterocycles. The maximum atomic E-state index is 12.9. The standard InChI is InChI=1S/C11H12FNO3/c1-7(14)13-6-10(15)9-5-8(12)3-4-11(9)16-2/h3-5H,6H2,1-2H3,(H,13,14). The maximum Gasteiger partial charge on any atom is 0.217 e. The van der Waals surface area contributed by atoms with Crippen molar-refractivity contribution in [2.75, 3.05) is 13.7 Å². The molecule has 1 N–H and O–H groups in total. The van der Waals surface area contributed by atoms with E-state index in [-0.39, 0.29) is 23.8 Å². The molecule has 1 amide bonds. The van der Waals surface area contributed by atoms with Crippen molar-refractivity contribution < 1.29 is 18.7 Å². The van der Waals surface area contributed by atoms with E-state index in [1.54, 1.807) is 0 Å². The van der Waals surface area contributed by atoms with Gasteiger partial charge in [-0.15, -0.1) is 0 Å². The third kappa shape index (κ3) is 3.05. The van der Waals surface area contributed by atoms with E-state index < -0.39 is 11.6 Å². The molecule has 0 saturated carbocycles. The number of benzene rings is 1. The van der Waals surface area contributed by atoms with Gasteiger partial charge < -0.3 is 10.1 Å². The summed E-state index contributed by atoms with van der Waals surface area (Å²) in [6.07, 6.45) is 0. The smallest absolute Gasteiger partial charge is 0.217 e. The van der Waals surface area contributed by atoms with Gasteiger partial charge in [-0.25, -0.2) is 4.39 Å². The first-order chi connectivity index (χ1) is 7.54. The first-order valence-electron chi connectivity index (χ1n) is 4.65. The Morgan fingerprint density at radius 2 is 2.12 bits per heavy atom. The minimum Gasteiger partial charge on any atom is -0.496 e. The third-order valence-corrected chi connectivity index (χ3v) is 1.96. The van der Waals surface area contributed by atoms with Crippen molar-refractivity contribution in [2.24, 2.45) is 0 Å². The molecule has 86 valence electrons. The number of hydrogen-bond acceptors (Lipinski definition) is 3. The molecule has 0 aliphatic carbocycles. The fraction of sp³-hybridized carbons (Fsp3) is 0.273. The molecule has 0 unspecified atom stereocenters. The SMILES string of the molecule is COc1ccc(F)cc1C(=O)CNC(C)=O. The second-order valence-electron chi connectivity index (χ2n) is 3.18. The van der Waals surface area contributed by atoms with Crippen molar-refractivity contribution in [1.82, 2.24) is 5.32 Å². The first kappa shape index (κ1) is 12.2. The van der Waals surface area contributed by atoms with Gasteiger partial charge in [-0.3, -0.25) is 9.59 Å². The molecule has 0 aromatic heterocycles. The molecule has 4 nitrogen and oxygen atoms in total. The second-order valence-corrected chi connectivity index (χ2v) is 3.18. The van der Waals surface area contributed by atoms with Crippen LogP contribution in [0.25, 0.3) is 0 Å². The van der Waals surface area contributed by atoms with E-state index in [2.05, 4.69) is 5.32 Å². The summed E-state index contributed by atoms with van der Waals surface area (Å²) in [5, 5.41) is 2.35. The zero-order valence-electron chi connectivity index (χ0n) is 9.04. The molecule has 0 fully saturated rings. The van der Waals surface area contributed by atoms with Gasteiger partial charge in [0, 0.05) is 6.92 Å². The van der Waals surface area contributed by atoms with Crippen LogP contribution < -0.4 is 10.1 Å². The normalized spacial score (nSPS) is 9.69. The number of halogens is 1. The summed E-state index contributed by atoms with van der Waals surface area (Å²) in [5.41, 5.74) is 0.122. The molecule has 16 heavy (non-hydrogen) atoms. The summed E-state index contributed by atoms with van der Waals surface area (Å²) in [7, 11) is 1.39. The number of nitrogens with one attached hydrogen (secondary N) is 1. The fourth-order valence-corrected chi connectivity index (χ4v) is 1.20. The van der Waals surface area contributed by atoms with E-state index in [4.69, 9.17) is 4.74 Å². The van der Waals surface area contributed by atoms with Gasteiger partial charge in [0.2, 0.25) is 5.91 Å². The van der Waals surface area contributed by atoms with Crippen molar-refractivity contribution in [3.8, 4) is 5.75 Å². The first-order valence-corrected chi connectivity index (χ1v) is 4.65. The molecule has 5 heteroatoms. The summed E-state index contributed by atoms with van der Waals surface area (Å²) < 4.78 is 17.9. The number of carbonyl (C=O) groups excluding carboxylic acids is 2. The van der Waals surface area contributed by atoms with Gasteiger partial charge in [-0.2, -0.15) is 0 Å². The van der Waals surface area contributed by atoms with Crippen LogP contribution in [0.2, 0.25) is 0 Å². The number of Topliss-reactive ketones (excluding diaryl/α,β-unsaturated/α-hetero) is 1. The number of amides is 1. The van der Waals surface area contributed by atoms with Gasteiger partial charge in [0.15, 0.2) is 5.78 Å². The van der Waals surface area contributed by atoms with Gasteiger partial charge in [-0.05, 0) is 18.2 Å². The lowest BCUT2D eigenvalue weighted by molar-refractivity contribution is -0.118. The van der Waals surface area contributed by atoms with E-state index in [1.165, 1.54) is 26.2 Å². The quantitative estimate of drug-likeness (QED) is 0.782. The molecule has 0 radical (unpaired) electrons. The maximum absolute atomic E-state index is 12.9. The lowest BCUT2D eigenvalue weighted by atomic mass is 10.1. The lowest BCUT2D eigenvalue weighted by Crippen LogP contribution is -2.27. The average Bonchev–Trinajstić information content (AvgIpc) is 2.25. The van der Waals surface area contributed by atoms with Crippen LogP contribution in [0.1, 0.15) is 17.3 Å². The monoisotopic (exact) mass is 225 g/mol. The number of ketones is 1. The molecule has 1 aromatic carbocycles. The van der Waals surface area contributed by atoms with Gasteiger partial charge in [0.05, 0.1) is 19.2 Å². The van der Waals surface area contributed by atoms with Crippen LogP contribution in [-0.2, 0) is 4.79 Å². The fourth-order valence-electron chi connectivity index (χ4n) is 1.20. The minimum atomic E-state index is -0.521. The van der Waals surface area contributed by atoms with Crippen LogP contribution in [0.15, 0.2) is 18.2 Å². The summed E-state index contributed by atoms with van der Waals surface area (Å²) in [4.78, 5) is 22.3. The molecule has 1 aromatic rings. The van der Waals surface area contributed by atoms with E-state index in [1.807, 2.05) is 0 Å². The van der Waals surface area contributed by atoms with Crippen LogP contribution in [0.5, 0.6) is 5.75 Å². The van der Waals surface area contributed by atoms with Gasteiger partial charge >= 0.3 is 0 Å². The molecular formula is C11H12FNO3. The van der Waals surface area contributed by atoms with Gasteiger partial charge in [-0.1, -0.05) is 0 Å². The molecular weight excluding hydrogens is 213 g/mol. The Kier molecular flexibility index (Phi) is 3.99. The summed E-state index contributed by atoms with van der Waals surface area (Å²) >= 11 is 0. The number of rotatable bonds is 4. The topological polar surface area (TPSA) is 55.4 Å². The Balaban J connectivity index is 2.88. The third-order valence-electron chi connectivity index (χ3n) is 1.96. The van der Waals surface area contributed by atoms with Crippen molar-refractivity contribution >= 4 is 11.7 Å². The van der Waals surface area contributed by atoms with Crippen molar-refractivity contribution in [3.63, 3.8) is 0 Å². The number of carbonyl (C=O) groups is 2. The van der Waals surface area contributed by atoms with Crippen LogP contribution >= 0.6 is 0 Å². The van der Waals surface area contributed by atoms with E-state index in [9.17, 15) is 14.0 Å². The number of hydrogen-bond donors (Lipinski definition) is 1. The molecule has 0 aliphatic rings. The Morgan fingerprint density at radius 1 is 1.44 bits per heavy atom. The highest BCUT2D eigenvalue weighted by molar-refractivity contribution is 6.01.